The van der Waals surface area contributed by atoms with Gasteiger partial charge in [0.1, 0.15) is 6.07 Å². The van der Waals surface area contributed by atoms with E-state index in [2.05, 4.69) is 10.3 Å². The molecule has 0 aliphatic rings. The Balaban J connectivity index is 2.53. The fourth-order valence-corrected chi connectivity index (χ4v) is 1.59. The van der Waals surface area contributed by atoms with Crippen LogP contribution >= 0.6 is 0 Å². The van der Waals surface area contributed by atoms with E-state index < -0.39 is 4.92 Å². The van der Waals surface area contributed by atoms with Crippen LogP contribution in [0.4, 0.5) is 11.5 Å². The summed E-state index contributed by atoms with van der Waals surface area (Å²) in [5, 5.41) is 31.0. The monoisotopic (exact) mass is 264 g/mol. The molecular weight excluding hydrogens is 248 g/mol. The molecule has 0 aliphatic heterocycles. The molecule has 0 radical (unpaired) electrons. The van der Waals surface area contributed by atoms with Crippen molar-refractivity contribution in [3.63, 3.8) is 0 Å². The first kappa shape index (κ1) is 14.9. The van der Waals surface area contributed by atoms with E-state index >= 15 is 0 Å². The molecule has 0 aromatic carbocycles. The smallest absolute Gasteiger partial charge is 0.312 e. The van der Waals surface area contributed by atoms with Gasteiger partial charge in [0.2, 0.25) is 5.82 Å². The van der Waals surface area contributed by atoms with Gasteiger partial charge in [-0.1, -0.05) is 12.8 Å². The summed E-state index contributed by atoms with van der Waals surface area (Å²) in [6.45, 7) is 0.765. The zero-order valence-electron chi connectivity index (χ0n) is 10.5. The second-order valence-corrected chi connectivity index (χ2v) is 4.03. The summed E-state index contributed by atoms with van der Waals surface area (Å²) in [5.41, 5.74) is -0.0189. The van der Waals surface area contributed by atoms with Crippen LogP contribution < -0.4 is 5.32 Å². The van der Waals surface area contributed by atoms with Crippen LogP contribution in [0.15, 0.2) is 12.3 Å². The normalized spacial score (nSPS) is 9.89. The third-order valence-electron chi connectivity index (χ3n) is 2.57. The minimum atomic E-state index is -0.554. The van der Waals surface area contributed by atoms with Gasteiger partial charge in [-0.2, -0.15) is 5.26 Å². The fraction of sp³-hybridized carbons (Fsp3) is 0.500. The van der Waals surface area contributed by atoms with Gasteiger partial charge in [-0.25, -0.2) is 4.98 Å². The lowest BCUT2D eigenvalue weighted by Gasteiger charge is -2.06. The molecule has 0 saturated heterocycles. The molecule has 0 unspecified atom stereocenters. The summed E-state index contributed by atoms with van der Waals surface area (Å²) in [4.78, 5) is 14.2. The van der Waals surface area contributed by atoms with Gasteiger partial charge in [-0.3, -0.25) is 10.1 Å². The van der Waals surface area contributed by atoms with Gasteiger partial charge in [0.05, 0.1) is 10.5 Å². The molecule has 0 aliphatic carbocycles. The maximum atomic E-state index is 10.9. The minimum Gasteiger partial charge on any atom is -0.396 e. The van der Waals surface area contributed by atoms with Crippen molar-refractivity contribution in [3.8, 4) is 6.07 Å². The van der Waals surface area contributed by atoms with Gasteiger partial charge in [-0.05, 0) is 12.8 Å². The Bertz CT molecular complexity index is 471. The van der Waals surface area contributed by atoms with E-state index in [1.165, 1.54) is 12.3 Å². The number of nitrogens with zero attached hydrogens (tertiary/aromatic N) is 3. The van der Waals surface area contributed by atoms with E-state index in [0.29, 0.717) is 6.54 Å². The summed E-state index contributed by atoms with van der Waals surface area (Å²) < 4.78 is 0. The second kappa shape index (κ2) is 8.00. The largest absolute Gasteiger partial charge is 0.396 e. The summed E-state index contributed by atoms with van der Waals surface area (Å²) in [6, 6.07) is 3.03. The van der Waals surface area contributed by atoms with E-state index in [9.17, 15) is 10.1 Å². The zero-order chi connectivity index (χ0) is 14.1. The third-order valence-corrected chi connectivity index (χ3v) is 2.57. The summed E-state index contributed by atoms with van der Waals surface area (Å²) in [5.74, 6) is 0.186. The molecule has 1 aromatic heterocycles. The maximum Gasteiger partial charge on any atom is 0.312 e. The fourth-order valence-electron chi connectivity index (χ4n) is 1.59. The Kier molecular flexibility index (Phi) is 6.26. The standard InChI is InChI=1S/C12H16N4O3/c13-8-10-7-11(16(18)19)12(15-9-10)14-5-3-1-2-4-6-17/h7,9,17H,1-6H2,(H,14,15). The Morgan fingerprint density at radius 2 is 2.16 bits per heavy atom. The number of nitro groups is 1. The molecular formula is C12H16N4O3. The summed E-state index contributed by atoms with van der Waals surface area (Å²) >= 11 is 0. The van der Waals surface area contributed by atoms with E-state index in [1.807, 2.05) is 6.07 Å². The summed E-state index contributed by atoms with van der Waals surface area (Å²) in [7, 11) is 0. The molecule has 7 heteroatoms. The lowest BCUT2D eigenvalue weighted by Crippen LogP contribution is -2.06. The number of aliphatic hydroxyl groups is 1. The first-order valence-corrected chi connectivity index (χ1v) is 6.08. The third kappa shape index (κ3) is 4.89. The van der Waals surface area contributed by atoms with Crippen LogP contribution in [0.5, 0.6) is 0 Å². The Hall–Kier alpha value is -2.20. The first-order chi connectivity index (χ1) is 9.19. The van der Waals surface area contributed by atoms with Gasteiger partial charge < -0.3 is 10.4 Å². The van der Waals surface area contributed by atoms with Crippen LogP contribution in [0, 0.1) is 21.4 Å². The quantitative estimate of drug-likeness (QED) is 0.421. The number of aromatic nitrogens is 1. The van der Waals surface area contributed by atoms with Crippen LogP contribution in [0.2, 0.25) is 0 Å². The van der Waals surface area contributed by atoms with Crippen molar-refractivity contribution < 1.29 is 10.0 Å². The molecule has 0 bridgehead atoms. The van der Waals surface area contributed by atoms with Crippen molar-refractivity contribution >= 4 is 11.5 Å². The highest BCUT2D eigenvalue weighted by molar-refractivity contribution is 5.58. The van der Waals surface area contributed by atoms with Crippen LogP contribution in [0.1, 0.15) is 31.2 Å². The number of rotatable bonds is 8. The van der Waals surface area contributed by atoms with Crippen LogP contribution in [-0.2, 0) is 0 Å². The van der Waals surface area contributed by atoms with Crippen molar-refractivity contribution in [2.24, 2.45) is 0 Å². The molecule has 1 heterocycles. The van der Waals surface area contributed by atoms with E-state index in [4.69, 9.17) is 10.4 Å². The van der Waals surface area contributed by atoms with Crippen LogP contribution in [-0.4, -0.2) is 28.2 Å². The Morgan fingerprint density at radius 1 is 1.42 bits per heavy atom. The molecule has 0 atom stereocenters. The van der Waals surface area contributed by atoms with Crippen molar-refractivity contribution in [3.05, 3.63) is 27.9 Å². The number of nitrogens with one attached hydrogen (secondary N) is 1. The number of hydrogen-bond donors (Lipinski definition) is 2. The van der Waals surface area contributed by atoms with Gasteiger partial charge in [0.25, 0.3) is 0 Å². The number of pyridine rings is 1. The molecule has 102 valence electrons. The van der Waals surface area contributed by atoms with E-state index in [0.717, 1.165) is 25.7 Å². The van der Waals surface area contributed by atoms with Crippen LogP contribution in [0.3, 0.4) is 0 Å². The molecule has 0 fully saturated rings. The predicted octanol–water partition coefficient (Wildman–Crippen LogP) is 1.83. The molecule has 1 rings (SSSR count). The molecule has 0 spiro atoms. The van der Waals surface area contributed by atoms with Crippen molar-refractivity contribution in [1.29, 1.82) is 5.26 Å². The Morgan fingerprint density at radius 3 is 2.79 bits per heavy atom. The van der Waals surface area contributed by atoms with Gasteiger partial charge in [-0.15, -0.1) is 0 Å². The average molecular weight is 264 g/mol. The Labute approximate surface area is 111 Å². The number of aliphatic hydroxyl groups excluding tert-OH is 1. The van der Waals surface area contributed by atoms with Gasteiger partial charge in [0, 0.05) is 25.4 Å². The highest BCUT2D eigenvalue weighted by Gasteiger charge is 2.15. The minimum absolute atomic E-state index is 0.167. The lowest BCUT2D eigenvalue weighted by atomic mass is 10.2. The van der Waals surface area contributed by atoms with Crippen molar-refractivity contribution in [2.45, 2.75) is 25.7 Å². The molecule has 0 amide bonds. The number of nitriles is 1. The summed E-state index contributed by atoms with van der Waals surface area (Å²) in [6.07, 6.45) is 4.80. The number of hydrogen-bond acceptors (Lipinski definition) is 6. The van der Waals surface area contributed by atoms with E-state index in [1.54, 1.807) is 0 Å². The second-order valence-electron chi connectivity index (χ2n) is 4.03. The number of unbranched alkanes of at least 4 members (excludes halogenated alkanes) is 3. The predicted molar refractivity (Wildman–Crippen MR) is 69.6 cm³/mol. The topological polar surface area (TPSA) is 112 Å². The highest BCUT2D eigenvalue weighted by Crippen LogP contribution is 2.22. The SMILES string of the molecule is N#Cc1cnc(NCCCCCCO)c([N+](=O)[O-])c1. The number of anilines is 1. The van der Waals surface area contributed by atoms with Crippen LogP contribution in [0.25, 0.3) is 0 Å². The van der Waals surface area contributed by atoms with Crippen molar-refractivity contribution in [2.75, 3.05) is 18.5 Å². The molecule has 1 aromatic rings. The zero-order valence-corrected chi connectivity index (χ0v) is 10.5. The van der Waals surface area contributed by atoms with Gasteiger partial charge in [0.15, 0.2) is 0 Å². The van der Waals surface area contributed by atoms with Gasteiger partial charge >= 0.3 is 5.69 Å². The lowest BCUT2D eigenvalue weighted by molar-refractivity contribution is -0.384. The molecule has 19 heavy (non-hydrogen) atoms. The highest BCUT2D eigenvalue weighted by atomic mass is 16.6. The van der Waals surface area contributed by atoms with E-state index in [-0.39, 0.29) is 23.7 Å². The first-order valence-electron chi connectivity index (χ1n) is 6.08. The molecule has 2 N–H and O–H groups in total. The average Bonchev–Trinajstić information content (AvgIpc) is 2.42. The molecule has 0 saturated carbocycles. The molecule has 7 nitrogen and oxygen atoms in total. The van der Waals surface area contributed by atoms with Crippen molar-refractivity contribution in [1.82, 2.24) is 4.98 Å². The maximum absolute atomic E-state index is 10.9.